The summed E-state index contributed by atoms with van der Waals surface area (Å²) in [7, 11) is 0. The van der Waals surface area contributed by atoms with E-state index in [0.717, 1.165) is 5.13 Å². The molecule has 7 nitrogen and oxygen atoms in total. The second-order valence-corrected chi connectivity index (χ2v) is 8.81. The number of imide groups is 1. The van der Waals surface area contributed by atoms with E-state index in [-0.39, 0.29) is 17.7 Å². The molecule has 29 heavy (non-hydrogen) atoms. The zero-order chi connectivity index (χ0) is 20.4. The molecule has 1 fully saturated rings. The number of piperazine rings is 1. The zero-order valence-electron chi connectivity index (χ0n) is 16.1. The molecule has 0 N–H and O–H groups in total. The Kier molecular flexibility index (Phi) is 5.86. The summed E-state index contributed by atoms with van der Waals surface area (Å²) in [5.74, 6) is -0.187. The van der Waals surface area contributed by atoms with Gasteiger partial charge < -0.3 is 9.80 Å². The highest BCUT2D eigenvalue weighted by atomic mass is 32.2. The third kappa shape index (κ3) is 3.76. The van der Waals surface area contributed by atoms with Gasteiger partial charge in [0.05, 0.1) is 11.1 Å². The molecular formula is C20H22N4O3S2. The molecular weight excluding hydrogens is 408 g/mol. The Morgan fingerprint density at radius 3 is 2.34 bits per heavy atom. The molecule has 1 aromatic carbocycles. The van der Waals surface area contributed by atoms with E-state index in [1.807, 2.05) is 11.6 Å². The number of thioether (sulfide) groups is 1. The van der Waals surface area contributed by atoms with Crippen LogP contribution < -0.4 is 4.90 Å². The van der Waals surface area contributed by atoms with E-state index in [4.69, 9.17) is 0 Å². The quantitative estimate of drug-likeness (QED) is 0.655. The van der Waals surface area contributed by atoms with E-state index in [1.165, 1.54) is 4.90 Å². The standard InChI is InChI=1S/C20H22N4O3S2/c1-28-12-6-16(24-17(25)14-4-2-3-5-15(14)18(24)26)19(27)22-8-10-23(11-9-22)20-21-7-13-29-20/h2-5,7,13,16H,6,8-12H2,1H3/t16-/m0/s1. The summed E-state index contributed by atoms with van der Waals surface area (Å²) in [5, 5.41) is 2.89. The van der Waals surface area contributed by atoms with Crippen LogP contribution in [0.15, 0.2) is 35.8 Å². The Labute approximate surface area is 177 Å². The van der Waals surface area contributed by atoms with Crippen molar-refractivity contribution in [3.8, 4) is 0 Å². The Hall–Kier alpha value is -2.39. The number of benzene rings is 1. The van der Waals surface area contributed by atoms with Gasteiger partial charge in [-0.3, -0.25) is 19.3 Å². The molecule has 2 aliphatic heterocycles. The lowest BCUT2D eigenvalue weighted by atomic mass is 10.1. The topological polar surface area (TPSA) is 73.8 Å². The molecule has 0 unspecified atom stereocenters. The molecule has 0 bridgehead atoms. The van der Waals surface area contributed by atoms with Gasteiger partial charge in [-0.2, -0.15) is 11.8 Å². The molecule has 2 aliphatic rings. The summed E-state index contributed by atoms with van der Waals surface area (Å²) in [6, 6.07) is 6.02. The number of anilines is 1. The third-order valence-corrected chi connectivity index (χ3v) is 6.77. The fourth-order valence-electron chi connectivity index (χ4n) is 3.78. The second-order valence-electron chi connectivity index (χ2n) is 6.95. The Balaban J connectivity index is 1.51. The number of nitrogens with zero attached hydrogens (tertiary/aromatic N) is 4. The van der Waals surface area contributed by atoms with Crippen LogP contribution in [0.5, 0.6) is 0 Å². The molecule has 0 radical (unpaired) electrons. The second kappa shape index (κ2) is 8.54. The maximum absolute atomic E-state index is 13.4. The summed E-state index contributed by atoms with van der Waals surface area (Å²) < 4.78 is 0. The van der Waals surface area contributed by atoms with Gasteiger partial charge in [0.1, 0.15) is 6.04 Å². The molecule has 152 valence electrons. The molecule has 2 aromatic rings. The Morgan fingerprint density at radius 2 is 1.79 bits per heavy atom. The summed E-state index contributed by atoms with van der Waals surface area (Å²) in [6.45, 7) is 2.49. The molecule has 9 heteroatoms. The minimum absolute atomic E-state index is 0.146. The first-order valence-electron chi connectivity index (χ1n) is 9.51. The smallest absolute Gasteiger partial charge is 0.262 e. The lowest BCUT2D eigenvalue weighted by molar-refractivity contribution is -0.135. The lowest BCUT2D eigenvalue weighted by Gasteiger charge is -2.37. The summed E-state index contributed by atoms with van der Waals surface area (Å²) in [4.78, 5) is 48.6. The lowest BCUT2D eigenvalue weighted by Crippen LogP contribution is -2.56. The minimum Gasteiger partial charge on any atom is -0.345 e. The number of hydrogen-bond acceptors (Lipinski definition) is 7. The molecule has 0 saturated carbocycles. The summed E-state index contributed by atoms with van der Waals surface area (Å²) in [5.41, 5.74) is 0.765. The number of carbonyl (C=O) groups is 3. The van der Waals surface area contributed by atoms with Gasteiger partial charge in [-0.25, -0.2) is 4.98 Å². The highest BCUT2D eigenvalue weighted by Crippen LogP contribution is 2.27. The number of fused-ring (bicyclic) bond motifs is 1. The van der Waals surface area contributed by atoms with Gasteiger partial charge in [-0.05, 0) is 30.6 Å². The highest BCUT2D eigenvalue weighted by molar-refractivity contribution is 7.98. The Bertz CT molecular complexity index is 875. The van der Waals surface area contributed by atoms with Gasteiger partial charge in [0, 0.05) is 37.8 Å². The van der Waals surface area contributed by atoms with Crippen molar-refractivity contribution >= 4 is 46.0 Å². The molecule has 1 atom stereocenters. The van der Waals surface area contributed by atoms with E-state index in [0.29, 0.717) is 49.5 Å². The van der Waals surface area contributed by atoms with Gasteiger partial charge in [0.25, 0.3) is 11.8 Å². The number of aromatic nitrogens is 1. The largest absolute Gasteiger partial charge is 0.345 e. The SMILES string of the molecule is CSCC[C@@H](C(=O)N1CCN(c2nccs2)CC1)N1C(=O)c2ccccc2C1=O. The first-order valence-corrected chi connectivity index (χ1v) is 11.8. The maximum Gasteiger partial charge on any atom is 0.262 e. The molecule has 1 aromatic heterocycles. The van der Waals surface area contributed by atoms with Crippen LogP contribution in [-0.4, -0.2) is 76.7 Å². The summed E-state index contributed by atoms with van der Waals surface area (Å²) >= 11 is 3.18. The number of rotatable bonds is 6. The molecule has 3 heterocycles. The summed E-state index contributed by atoms with van der Waals surface area (Å²) in [6.07, 6.45) is 4.19. The Morgan fingerprint density at radius 1 is 1.14 bits per heavy atom. The van der Waals surface area contributed by atoms with Crippen molar-refractivity contribution < 1.29 is 14.4 Å². The number of hydrogen-bond donors (Lipinski definition) is 0. The van der Waals surface area contributed by atoms with Crippen LogP contribution in [0, 0.1) is 0 Å². The van der Waals surface area contributed by atoms with E-state index in [1.54, 1.807) is 58.5 Å². The van der Waals surface area contributed by atoms with Crippen molar-refractivity contribution in [1.29, 1.82) is 0 Å². The maximum atomic E-state index is 13.4. The number of thiazole rings is 1. The van der Waals surface area contributed by atoms with E-state index >= 15 is 0 Å². The predicted molar refractivity (Wildman–Crippen MR) is 115 cm³/mol. The molecule has 0 aliphatic carbocycles. The van der Waals surface area contributed by atoms with Gasteiger partial charge in [0.2, 0.25) is 5.91 Å². The van der Waals surface area contributed by atoms with Crippen molar-refractivity contribution in [2.24, 2.45) is 0 Å². The molecule has 0 spiro atoms. The van der Waals surface area contributed by atoms with Gasteiger partial charge >= 0.3 is 0 Å². The third-order valence-electron chi connectivity index (χ3n) is 5.30. The normalized spacial score (nSPS) is 17.6. The average Bonchev–Trinajstić information content (AvgIpc) is 3.37. The first-order chi connectivity index (χ1) is 14.1. The van der Waals surface area contributed by atoms with Crippen molar-refractivity contribution in [2.75, 3.05) is 43.1 Å². The fraction of sp³-hybridized carbons (Fsp3) is 0.400. The molecule has 4 rings (SSSR count). The van der Waals surface area contributed by atoms with E-state index in [9.17, 15) is 14.4 Å². The van der Waals surface area contributed by atoms with Crippen LogP contribution in [0.3, 0.4) is 0 Å². The van der Waals surface area contributed by atoms with Crippen LogP contribution >= 0.6 is 23.1 Å². The molecule has 3 amide bonds. The van der Waals surface area contributed by atoms with Crippen molar-refractivity contribution in [1.82, 2.24) is 14.8 Å². The number of amides is 3. The van der Waals surface area contributed by atoms with E-state index < -0.39 is 6.04 Å². The number of carbonyl (C=O) groups excluding carboxylic acids is 3. The predicted octanol–water partition coefficient (Wildman–Crippen LogP) is 2.21. The monoisotopic (exact) mass is 430 g/mol. The van der Waals surface area contributed by atoms with Crippen LogP contribution in [0.1, 0.15) is 27.1 Å². The van der Waals surface area contributed by atoms with Crippen LogP contribution in [0.25, 0.3) is 0 Å². The van der Waals surface area contributed by atoms with Crippen molar-refractivity contribution in [3.63, 3.8) is 0 Å². The highest BCUT2D eigenvalue weighted by Gasteiger charge is 2.43. The van der Waals surface area contributed by atoms with Crippen molar-refractivity contribution in [2.45, 2.75) is 12.5 Å². The van der Waals surface area contributed by atoms with Gasteiger partial charge in [-0.15, -0.1) is 11.3 Å². The van der Waals surface area contributed by atoms with Crippen LogP contribution in [0.2, 0.25) is 0 Å². The van der Waals surface area contributed by atoms with Gasteiger partial charge in [-0.1, -0.05) is 12.1 Å². The van der Waals surface area contributed by atoms with Crippen molar-refractivity contribution in [3.05, 3.63) is 47.0 Å². The molecule has 1 saturated heterocycles. The van der Waals surface area contributed by atoms with Gasteiger partial charge in [0.15, 0.2) is 5.13 Å². The zero-order valence-corrected chi connectivity index (χ0v) is 17.7. The minimum atomic E-state index is -0.763. The first kappa shape index (κ1) is 19.9. The average molecular weight is 431 g/mol. The fourth-order valence-corrected chi connectivity index (χ4v) is 4.94. The van der Waals surface area contributed by atoms with E-state index in [2.05, 4.69) is 9.88 Å². The van der Waals surface area contributed by atoms with Crippen LogP contribution in [0.4, 0.5) is 5.13 Å². The van der Waals surface area contributed by atoms with Crippen LogP contribution in [-0.2, 0) is 4.79 Å².